The Kier molecular flexibility index (Phi) is 4.76. The first kappa shape index (κ1) is 15.0. The molecule has 0 aliphatic rings. The second-order valence-corrected chi connectivity index (χ2v) is 6.82. The van der Waals surface area contributed by atoms with Gasteiger partial charge >= 0.3 is 6.09 Å². The van der Waals surface area contributed by atoms with Crippen molar-refractivity contribution in [3.63, 3.8) is 0 Å². The van der Waals surface area contributed by atoms with Crippen LogP contribution in [-0.2, 0) is 4.74 Å². The third-order valence-electron chi connectivity index (χ3n) is 2.34. The largest absolute Gasteiger partial charge is 0.443 e. The molecule has 1 amide bonds. The van der Waals surface area contributed by atoms with Gasteiger partial charge in [-0.3, -0.25) is 5.43 Å². The van der Waals surface area contributed by atoms with Crippen molar-refractivity contribution in [2.24, 2.45) is 0 Å². The van der Waals surface area contributed by atoms with Crippen LogP contribution in [0.4, 0.5) is 4.79 Å². The molecule has 0 saturated heterocycles. The molecule has 0 radical (unpaired) electrons. The molecular weight excluding hydrogens is 248 g/mol. The summed E-state index contributed by atoms with van der Waals surface area (Å²) >= 11 is 1.76. The topological polar surface area (TPSA) is 50.4 Å². The van der Waals surface area contributed by atoms with Gasteiger partial charge in [-0.05, 0) is 53.2 Å². The molecule has 1 unspecified atom stereocenters. The van der Waals surface area contributed by atoms with Crippen LogP contribution in [0.25, 0.3) is 0 Å². The van der Waals surface area contributed by atoms with Gasteiger partial charge in [-0.25, -0.2) is 10.2 Å². The number of hydrogen-bond acceptors (Lipinski definition) is 4. The molecule has 0 saturated carbocycles. The number of nitrogens with one attached hydrogen (secondary N) is 2. The lowest BCUT2D eigenvalue weighted by molar-refractivity contribution is 0.0489. The standard InChI is InChI=1S/C13H22N2O2S/c1-8-7-11(10(3)18-8)9(2)14-15-12(16)17-13(4,5)6/h7,9,14H,1-6H3,(H,15,16). The Labute approximate surface area is 113 Å². The second kappa shape index (κ2) is 5.71. The average Bonchev–Trinajstić information content (AvgIpc) is 2.52. The molecule has 102 valence electrons. The van der Waals surface area contributed by atoms with E-state index < -0.39 is 11.7 Å². The van der Waals surface area contributed by atoms with Crippen LogP contribution in [-0.4, -0.2) is 11.7 Å². The zero-order valence-corrected chi connectivity index (χ0v) is 12.7. The lowest BCUT2D eigenvalue weighted by atomic mass is 10.1. The molecule has 1 aromatic rings. The Morgan fingerprint density at radius 3 is 2.44 bits per heavy atom. The van der Waals surface area contributed by atoms with Gasteiger partial charge in [0, 0.05) is 15.8 Å². The first-order valence-corrected chi connectivity index (χ1v) is 6.82. The molecule has 0 aliphatic carbocycles. The van der Waals surface area contributed by atoms with Crippen molar-refractivity contribution in [1.82, 2.24) is 10.9 Å². The molecular formula is C13H22N2O2S. The Morgan fingerprint density at radius 2 is 2.00 bits per heavy atom. The average molecular weight is 270 g/mol. The number of hydrazine groups is 1. The summed E-state index contributed by atoms with van der Waals surface area (Å²) in [7, 11) is 0. The van der Waals surface area contributed by atoms with E-state index in [2.05, 4.69) is 30.8 Å². The van der Waals surface area contributed by atoms with Crippen molar-refractivity contribution in [3.8, 4) is 0 Å². The number of rotatable bonds is 3. The highest BCUT2D eigenvalue weighted by atomic mass is 32.1. The molecule has 1 atom stereocenters. The van der Waals surface area contributed by atoms with E-state index in [4.69, 9.17) is 4.74 Å². The van der Waals surface area contributed by atoms with Crippen molar-refractivity contribution in [1.29, 1.82) is 0 Å². The lowest BCUT2D eigenvalue weighted by Crippen LogP contribution is -2.42. The van der Waals surface area contributed by atoms with Crippen LogP contribution < -0.4 is 10.9 Å². The zero-order valence-electron chi connectivity index (χ0n) is 11.9. The first-order valence-electron chi connectivity index (χ1n) is 6.00. The van der Waals surface area contributed by atoms with Gasteiger partial charge in [0.15, 0.2) is 0 Å². The Morgan fingerprint density at radius 1 is 1.39 bits per heavy atom. The normalized spacial score (nSPS) is 13.2. The fourth-order valence-corrected chi connectivity index (χ4v) is 2.65. The van der Waals surface area contributed by atoms with Gasteiger partial charge in [-0.1, -0.05) is 0 Å². The summed E-state index contributed by atoms with van der Waals surface area (Å²) in [6.07, 6.45) is -0.459. The maximum atomic E-state index is 11.5. The second-order valence-electron chi connectivity index (χ2n) is 5.36. The minimum absolute atomic E-state index is 0.0578. The summed E-state index contributed by atoms with van der Waals surface area (Å²) < 4.78 is 5.15. The van der Waals surface area contributed by atoms with E-state index in [1.165, 1.54) is 15.3 Å². The van der Waals surface area contributed by atoms with Crippen LogP contribution in [0.15, 0.2) is 6.07 Å². The molecule has 2 N–H and O–H groups in total. The quantitative estimate of drug-likeness (QED) is 0.827. The SMILES string of the molecule is Cc1cc(C(C)NNC(=O)OC(C)(C)C)c(C)s1. The molecule has 4 nitrogen and oxygen atoms in total. The monoisotopic (exact) mass is 270 g/mol. The maximum Gasteiger partial charge on any atom is 0.422 e. The van der Waals surface area contributed by atoms with E-state index in [1.54, 1.807) is 11.3 Å². The van der Waals surface area contributed by atoms with Crippen molar-refractivity contribution in [3.05, 3.63) is 21.4 Å². The third-order valence-corrected chi connectivity index (χ3v) is 3.32. The van der Waals surface area contributed by atoms with Gasteiger partial charge in [0.2, 0.25) is 0 Å². The van der Waals surface area contributed by atoms with Crippen molar-refractivity contribution in [2.45, 2.75) is 53.2 Å². The smallest absolute Gasteiger partial charge is 0.422 e. The highest BCUT2D eigenvalue weighted by Gasteiger charge is 2.17. The van der Waals surface area contributed by atoms with Crippen molar-refractivity contribution in [2.75, 3.05) is 0 Å². The highest BCUT2D eigenvalue weighted by Crippen LogP contribution is 2.25. The van der Waals surface area contributed by atoms with Crippen molar-refractivity contribution < 1.29 is 9.53 Å². The number of thiophene rings is 1. The van der Waals surface area contributed by atoms with Crippen LogP contribution in [0.5, 0.6) is 0 Å². The molecule has 1 rings (SSSR count). The molecule has 1 heterocycles. The summed E-state index contributed by atoms with van der Waals surface area (Å²) in [6.45, 7) is 11.7. The van der Waals surface area contributed by atoms with Crippen LogP contribution in [0, 0.1) is 13.8 Å². The van der Waals surface area contributed by atoms with Gasteiger partial charge in [-0.15, -0.1) is 11.3 Å². The highest BCUT2D eigenvalue weighted by molar-refractivity contribution is 7.12. The molecule has 0 aromatic carbocycles. The molecule has 0 bridgehead atoms. The van der Waals surface area contributed by atoms with E-state index >= 15 is 0 Å². The number of aryl methyl sites for hydroxylation is 2. The molecule has 5 heteroatoms. The Hall–Kier alpha value is -1.07. The number of hydrogen-bond donors (Lipinski definition) is 2. The Bertz CT molecular complexity index is 421. The molecule has 0 spiro atoms. The van der Waals surface area contributed by atoms with Crippen LogP contribution >= 0.6 is 11.3 Å². The fraction of sp³-hybridized carbons (Fsp3) is 0.615. The summed E-state index contributed by atoms with van der Waals surface area (Å²) in [5.41, 5.74) is 6.25. The van der Waals surface area contributed by atoms with Crippen LogP contribution in [0.2, 0.25) is 0 Å². The number of carbonyl (C=O) groups excluding carboxylic acids is 1. The van der Waals surface area contributed by atoms with Gasteiger partial charge in [0.05, 0.1) is 0 Å². The molecule has 1 aromatic heterocycles. The number of carbonyl (C=O) groups is 1. The van der Waals surface area contributed by atoms with Crippen LogP contribution in [0.3, 0.4) is 0 Å². The fourth-order valence-electron chi connectivity index (χ4n) is 1.63. The third kappa shape index (κ3) is 4.66. The zero-order chi connectivity index (χ0) is 13.9. The van der Waals surface area contributed by atoms with Gasteiger partial charge in [-0.2, -0.15) is 0 Å². The van der Waals surface area contributed by atoms with Gasteiger partial charge in [0.25, 0.3) is 0 Å². The Balaban J connectivity index is 2.49. The van der Waals surface area contributed by atoms with Crippen molar-refractivity contribution >= 4 is 17.4 Å². The molecule has 0 fully saturated rings. The van der Waals surface area contributed by atoms with Gasteiger partial charge < -0.3 is 4.74 Å². The number of ether oxygens (including phenoxy) is 1. The molecule has 0 aliphatic heterocycles. The maximum absolute atomic E-state index is 11.5. The predicted molar refractivity (Wildman–Crippen MR) is 74.7 cm³/mol. The van der Waals surface area contributed by atoms with E-state index in [-0.39, 0.29) is 6.04 Å². The van der Waals surface area contributed by atoms with E-state index in [9.17, 15) is 4.79 Å². The molecule has 18 heavy (non-hydrogen) atoms. The van der Waals surface area contributed by atoms with Gasteiger partial charge in [0.1, 0.15) is 5.60 Å². The predicted octanol–water partition coefficient (Wildman–Crippen LogP) is 3.46. The lowest BCUT2D eigenvalue weighted by Gasteiger charge is -2.21. The number of amides is 1. The summed E-state index contributed by atoms with van der Waals surface area (Å²) in [5.74, 6) is 0. The first-order chi connectivity index (χ1) is 8.19. The minimum Gasteiger partial charge on any atom is -0.443 e. The summed E-state index contributed by atoms with van der Waals surface area (Å²) in [5, 5.41) is 0. The summed E-state index contributed by atoms with van der Waals surface area (Å²) in [4.78, 5) is 14.0. The summed E-state index contributed by atoms with van der Waals surface area (Å²) in [6, 6.07) is 2.19. The minimum atomic E-state index is -0.482. The van der Waals surface area contributed by atoms with Crippen LogP contribution in [0.1, 0.15) is 49.1 Å². The van der Waals surface area contributed by atoms with E-state index in [0.29, 0.717) is 0 Å². The van der Waals surface area contributed by atoms with E-state index in [0.717, 1.165) is 0 Å². The van der Waals surface area contributed by atoms with E-state index in [1.807, 2.05) is 27.7 Å².